The zero-order chi connectivity index (χ0) is 77.3. The van der Waals surface area contributed by atoms with E-state index >= 15 is 0 Å². The smallest absolute Gasteiger partial charge is 0.211 e. The summed E-state index contributed by atoms with van der Waals surface area (Å²) >= 11 is 0. The summed E-state index contributed by atoms with van der Waals surface area (Å²) in [5.41, 5.74) is 27.0. The molecule has 0 fully saturated rings. The summed E-state index contributed by atoms with van der Waals surface area (Å²) in [6.07, 6.45) is 0. The minimum atomic E-state index is -0.549. The number of para-hydroxylation sites is 9. The first kappa shape index (κ1) is 66.7. The lowest BCUT2D eigenvalue weighted by Gasteiger charge is -2.33. The van der Waals surface area contributed by atoms with Crippen molar-refractivity contribution in [3.8, 4) is 80.0 Å². The average Bonchev–Trinajstić information content (AvgIpc) is 1.51. The molecule has 536 valence electrons. The Labute approximate surface area is 667 Å². The van der Waals surface area contributed by atoms with Gasteiger partial charge in [-0.2, -0.15) is 15.8 Å². The largest absolute Gasteiger partial charge is 0.318 e. The fraction of sp³-hybridized carbons (Fsp3) is 0.00935. The first-order chi connectivity index (χ1) is 57.5. The third-order valence-electron chi connectivity index (χ3n) is 24.0. The van der Waals surface area contributed by atoms with E-state index in [1.807, 2.05) is 54.6 Å². The van der Waals surface area contributed by atoms with Crippen LogP contribution in [0.1, 0.15) is 38.9 Å². The van der Waals surface area contributed by atoms with Gasteiger partial charge in [-0.3, -0.25) is 0 Å². The predicted molar refractivity (Wildman–Crippen MR) is 473 cm³/mol. The number of rotatable bonds is 9. The normalized spacial score (nSPS) is 12.2. The molecule has 0 N–H and O–H groups in total. The van der Waals surface area contributed by atoms with Crippen molar-refractivity contribution in [1.82, 2.24) is 22.8 Å². The molecule has 0 amide bonds. The molecule has 0 aliphatic heterocycles. The number of hydrogen-bond acceptors (Lipinski definition) is 3. The molecule has 0 unspecified atom stereocenters. The van der Waals surface area contributed by atoms with Crippen molar-refractivity contribution >= 4 is 115 Å². The van der Waals surface area contributed by atoms with Crippen LogP contribution in [0.2, 0.25) is 0 Å². The van der Waals surface area contributed by atoms with Gasteiger partial charge in [-0.15, -0.1) is 0 Å². The van der Waals surface area contributed by atoms with Crippen LogP contribution in [-0.4, -0.2) is 22.8 Å². The zero-order valence-electron chi connectivity index (χ0n) is 62.4. The third-order valence-corrected chi connectivity index (χ3v) is 24.0. The highest BCUT2D eigenvalue weighted by atomic mass is 15.0. The van der Waals surface area contributed by atoms with E-state index in [1.54, 1.807) is 0 Å². The van der Waals surface area contributed by atoms with Crippen molar-refractivity contribution < 1.29 is 0 Å². The van der Waals surface area contributed by atoms with Gasteiger partial charge in [0.25, 0.3) is 0 Å². The maximum Gasteiger partial charge on any atom is 0.211 e. The van der Waals surface area contributed by atoms with E-state index in [2.05, 4.69) is 373 Å². The molecule has 9 heteroatoms. The monoisotopic (exact) mass is 1470 g/mol. The van der Waals surface area contributed by atoms with E-state index < -0.39 is 5.41 Å². The summed E-state index contributed by atoms with van der Waals surface area (Å²) in [5.74, 6) is 0. The third kappa shape index (κ3) is 9.65. The second-order valence-electron chi connectivity index (χ2n) is 29.7. The van der Waals surface area contributed by atoms with Crippen LogP contribution in [0.4, 0.5) is 5.69 Å². The molecule has 17 aromatic carbocycles. The zero-order valence-corrected chi connectivity index (χ0v) is 62.4. The van der Waals surface area contributed by atoms with E-state index in [0.29, 0.717) is 28.1 Å². The van der Waals surface area contributed by atoms with Crippen LogP contribution in [0.5, 0.6) is 0 Å². The summed E-state index contributed by atoms with van der Waals surface area (Å²) in [6, 6.07) is 141. The molecule has 1 aliphatic carbocycles. The number of aromatic nitrogens is 5. The minimum absolute atomic E-state index is 0.337. The van der Waals surface area contributed by atoms with Gasteiger partial charge in [0.1, 0.15) is 18.2 Å². The average molecular weight is 1470 g/mol. The van der Waals surface area contributed by atoms with Gasteiger partial charge >= 0.3 is 0 Å². The van der Waals surface area contributed by atoms with Crippen LogP contribution in [0.3, 0.4) is 0 Å². The summed E-state index contributed by atoms with van der Waals surface area (Å²) in [4.78, 5) is 3.99. The lowest BCUT2D eigenvalue weighted by molar-refractivity contribution is 0.769. The van der Waals surface area contributed by atoms with Crippen molar-refractivity contribution in [2.24, 2.45) is 0 Å². The highest BCUT2D eigenvalue weighted by Gasteiger charge is 2.47. The van der Waals surface area contributed by atoms with Gasteiger partial charge in [0, 0.05) is 81.9 Å². The quantitative estimate of drug-likeness (QED) is 0.135. The van der Waals surface area contributed by atoms with Gasteiger partial charge in [0.2, 0.25) is 5.69 Å². The van der Waals surface area contributed by atoms with Gasteiger partial charge in [0.05, 0.1) is 101 Å². The van der Waals surface area contributed by atoms with E-state index in [9.17, 15) is 15.8 Å². The number of hydrogen-bond donors (Lipinski definition) is 0. The Morgan fingerprint density at radius 1 is 0.276 bits per heavy atom. The first-order valence-corrected chi connectivity index (χ1v) is 38.9. The van der Waals surface area contributed by atoms with Crippen LogP contribution < -0.4 is 0 Å². The Kier molecular flexibility index (Phi) is 15.2. The number of fused-ring (bicyclic) bond motifs is 20. The Bertz CT molecular complexity index is 7930. The maximum atomic E-state index is 11.1. The van der Waals surface area contributed by atoms with Crippen molar-refractivity contribution in [3.63, 3.8) is 0 Å². The second-order valence-corrected chi connectivity index (χ2v) is 29.7. The van der Waals surface area contributed by atoms with Crippen LogP contribution in [-0.2, 0) is 5.41 Å². The summed E-state index contributed by atoms with van der Waals surface area (Å²) in [6.45, 7) is 8.27. The highest BCUT2D eigenvalue weighted by Crippen LogP contribution is 2.59. The molecule has 5 heterocycles. The molecule has 0 radical (unpaired) electrons. The maximum absolute atomic E-state index is 11.1. The van der Waals surface area contributed by atoms with Crippen molar-refractivity contribution in [2.75, 3.05) is 0 Å². The molecule has 9 nitrogen and oxygen atoms in total. The molecule has 0 atom stereocenters. The lowest BCUT2D eigenvalue weighted by Crippen LogP contribution is -2.28. The van der Waals surface area contributed by atoms with Crippen LogP contribution >= 0.6 is 0 Å². The molecule has 0 saturated carbocycles. The van der Waals surface area contributed by atoms with E-state index in [0.717, 1.165) is 132 Å². The molecule has 116 heavy (non-hydrogen) atoms. The Morgan fingerprint density at radius 3 is 1.30 bits per heavy atom. The Morgan fingerprint density at radius 2 is 0.724 bits per heavy atom. The van der Waals surface area contributed by atoms with Crippen LogP contribution in [0.15, 0.2) is 382 Å². The molecule has 0 spiro atoms. The van der Waals surface area contributed by atoms with Crippen molar-refractivity contribution in [3.05, 3.63) is 433 Å². The number of benzene rings is 17. The first-order valence-electron chi connectivity index (χ1n) is 38.9. The topological polar surface area (TPSA) is 100 Å². The summed E-state index contributed by atoms with van der Waals surface area (Å²) in [7, 11) is 0. The van der Waals surface area contributed by atoms with Crippen LogP contribution in [0, 0.1) is 40.6 Å². The van der Waals surface area contributed by atoms with Crippen molar-refractivity contribution in [1.29, 1.82) is 15.8 Å². The van der Waals surface area contributed by atoms with Gasteiger partial charge in [0.15, 0.2) is 0 Å². The van der Waals surface area contributed by atoms with Gasteiger partial charge in [-0.1, -0.05) is 285 Å². The van der Waals surface area contributed by atoms with Gasteiger partial charge in [-0.05, 0) is 136 Å². The van der Waals surface area contributed by atoms with Gasteiger partial charge < -0.3 is 22.8 Å². The molecular weight excluding hydrogens is 1410 g/mol. The molecule has 22 aromatic rings. The second kappa shape index (κ2) is 26.5. The standard InChI is InChI=1S/C57H34N4.C50H29N5/c58-35-38-33-47(37-16-15-21-42(32-37)60-50-27-12-8-22-43(50)44-23-9-13-28-51(44)60)54(34-39(38)36-59)61-52-29-14-10-25-46(52)56-53(61)31-30-49-55(56)45-24-7-11-26-48(45)57(49,40-17-3-1-4-18-40)41-19-5-2-6-20-41;1-52-41-29-27-33(40(31-51)49(41)55-44-24-12-6-18-35(44)36-19-7-13-25-45(36)55)34-17-5-11-23-43(34)54-46-26-14-9-21-39(46)48-47(54)30-28-38-37-20-8-10-22-42(37)53(50(38)48)32-15-3-2-4-16-32/h1-34H;2-30H. The summed E-state index contributed by atoms with van der Waals surface area (Å²) in [5, 5.41) is 43.6. The molecule has 0 saturated heterocycles. The number of nitrogens with zero attached hydrogens (tertiary/aromatic N) is 9. The van der Waals surface area contributed by atoms with E-state index in [1.165, 1.54) is 54.9 Å². The Balaban J connectivity index is 0.000000141. The molecule has 0 bridgehead atoms. The molecule has 5 aromatic heterocycles. The minimum Gasteiger partial charge on any atom is -0.318 e. The fourth-order valence-corrected chi connectivity index (χ4v) is 19.4. The summed E-state index contributed by atoms with van der Waals surface area (Å²) < 4.78 is 11.5. The molecule has 1 aliphatic rings. The molecule has 23 rings (SSSR count). The van der Waals surface area contributed by atoms with E-state index in [4.69, 9.17) is 6.57 Å². The predicted octanol–water partition coefficient (Wildman–Crippen LogP) is 26.7. The lowest BCUT2D eigenvalue weighted by atomic mass is 9.67. The van der Waals surface area contributed by atoms with Crippen LogP contribution in [0.25, 0.3) is 176 Å². The van der Waals surface area contributed by atoms with Crippen molar-refractivity contribution in [2.45, 2.75) is 5.41 Å². The fourth-order valence-electron chi connectivity index (χ4n) is 19.4. The number of nitriles is 3. The van der Waals surface area contributed by atoms with E-state index in [-0.39, 0.29) is 0 Å². The Hall–Kier alpha value is -16.3. The molecular formula is C107H63N9. The SMILES string of the molecule is N#Cc1cc(-c2cccc(-n3c4ccccc4c4ccccc43)c2)c(-n2c3ccccc3c3c4c(ccc32)C(c2ccccc2)(c2ccccc2)c2ccccc2-4)cc1C#N.[C-]#[N+]c1ccc(-c2ccccc2-n2c3ccccc3c3c2ccc2c4ccccc4n(-c4ccccc4)c23)c(C#N)c1-n1c2ccccc2c2ccccc21. The highest BCUT2D eigenvalue weighted by molar-refractivity contribution is 6.27. The van der Waals surface area contributed by atoms with Gasteiger partial charge in [-0.25, -0.2) is 4.85 Å².